The highest BCUT2D eigenvalue weighted by Crippen LogP contribution is 2.24. The SMILES string of the molecule is Cn1c(-c2cn(CCN)cn2)nc2cc(Cl)ccc21. The molecule has 0 bridgehead atoms. The lowest BCUT2D eigenvalue weighted by atomic mass is 10.3. The molecule has 19 heavy (non-hydrogen) atoms. The van der Waals surface area contributed by atoms with Gasteiger partial charge in [-0.05, 0) is 18.2 Å². The number of nitrogens with two attached hydrogens (primary N) is 1. The van der Waals surface area contributed by atoms with Gasteiger partial charge in [-0.2, -0.15) is 0 Å². The molecule has 1 aromatic carbocycles. The summed E-state index contributed by atoms with van der Waals surface area (Å²) in [6.45, 7) is 1.34. The molecule has 2 heterocycles. The molecule has 5 nitrogen and oxygen atoms in total. The van der Waals surface area contributed by atoms with Gasteiger partial charge in [0.05, 0.1) is 17.4 Å². The third-order valence-corrected chi connectivity index (χ3v) is 3.33. The zero-order chi connectivity index (χ0) is 13.4. The third-order valence-electron chi connectivity index (χ3n) is 3.09. The molecule has 0 aliphatic heterocycles. The highest BCUT2D eigenvalue weighted by Gasteiger charge is 2.12. The number of hydrogen-bond acceptors (Lipinski definition) is 3. The topological polar surface area (TPSA) is 61.7 Å². The van der Waals surface area contributed by atoms with Gasteiger partial charge in [-0.15, -0.1) is 0 Å². The van der Waals surface area contributed by atoms with Crippen molar-refractivity contribution >= 4 is 22.6 Å². The van der Waals surface area contributed by atoms with Gasteiger partial charge in [-0.3, -0.25) is 0 Å². The molecule has 0 saturated carbocycles. The van der Waals surface area contributed by atoms with E-state index in [0.29, 0.717) is 11.6 Å². The van der Waals surface area contributed by atoms with Crippen LogP contribution >= 0.6 is 11.6 Å². The van der Waals surface area contributed by atoms with Gasteiger partial charge < -0.3 is 14.9 Å². The van der Waals surface area contributed by atoms with Crippen LogP contribution in [-0.2, 0) is 13.6 Å². The fraction of sp³-hybridized carbons (Fsp3) is 0.231. The first-order valence-electron chi connectivity index (χ1n) is 6.03. The molecular formula is C13H14ClN5. The smallest absolute Gasteiger partial charge is 0.161 e. The van der Waals surface area contributed by atoms with Gasteiger partial charge in [0.1, 0.15) is 5.69 Å². The summed E-state index contributed by atoms with van der Waals surface area (Å²) in [5, 5.41) is 0.686. The average Bonchev–Trinajstić information content (AvgIpc) is 2.95. The molecule has 0 spiro atoms. The Hall–Kier alpha value is -1.85. The fourth-order valence-corrected chi connectivity index (χ4v) is 2.32. The summed E-state index contributed by atoms with van der Waals surface area (Å²) in [4.78, 5) is 8.96. The number of benzene rings is 1. The van der Waals surface area contributed by atoms with Gasteiger partial charge in [-0.25, -0.2) is 9.97 Å². The van der Waals surface area contributed by atoms with Crippen molar-refractivity contribution in [3.8, 4) is 11.5 Å². The Morgan fingerprint density at radius 2 is 2.21 bits per heavy atom. The summed E-state index contributed by atoms with van der Waals surface area (Å²) in [6.07, 6.45) is 3.73. The number of hydrogen-bond donors (Lipinski definition) is 1. The van der Waals surface area contributed by atoms with E-state index in [1.807, 2.05) is 40.6 Å². The molecule has 0 unspecified atom stereocenters. The highest BCUT2D eigenvalue weighted by molar-refractivity contribution is 6.31. The molecule has 3 aromatic rings. The number of aromatic nitrogens is 4. The molecule has 0 radical (unpaired) electrons. The second-order valence-corrected chi connectivity index (χ2v) is 4.85. The van der Waals surface area contributed by atoms with Crippen molar-refractivity contribution in [2.75, 3.05) is 6.54 Å². The summed E-state index contributed by atoms with van der Waals surface area (Å²) >= 11 is 5.99. The van der Waals surface area contributed by atoms with Gasteiger partial charge in [0, 0.05) is 31.4 Å². The maximum Gasteiger partial charge on any atom is 0.161 e. The van der Waals surface area contributed by atoms with E-state index in [4.69, 9.17) is 17.3 Å². The third kappa shape index (κ3) is 2.11. The summed E-state index contributed by atoms with van der Waals surface area (Å²) < 4.78 is 3.97. The van der Waals surface area contributed by atoms with Crippen LogP contribution in [0.3, 0.4) is 0 Å². The number of rotatable bonds is 3. The lowest BCUT2D eigenvalue weighted by molar-refractivity contribution is 0.708. The molecule has 6 heteroatoms. The molecular weight excluding hydrogens is 262 g/mol. The zero-order valence-electron chi connectivity index (χ0n) is 10.5. The van der Waals surface area contributed by atoms with E-state index in [1.165, 1.54) is 0 Å². The lowest BCUT2D eigenvalue weighted by Crippen LogP contribution is -2.07. The Balaban J connectivity index is 2.10. The van der Waals surface area contributed by atoms with Crippen molar-refractivity contribution in [2.45, 2.75) is 6.54 Å². The van der Waals surface area contributed by atoms with Crippen LogP contribution in [0.15, 0.2) is 30.7 Å². The molecule has 3 rings (SSSR count). The van der Waals surface area contributed by atoms with Crippen LogP contribution in [0.25, 0.3) is 22.6 Å². The van der Waals surface area contributed by atoms with E-state index >= 15 is 0 Å². The maximum atomic E-state index is 5.99. The van der Waals surface area contributed by atoms with Crippen LogP contribution < -0.4 is 5.73 Å². The van der Waals surface area contributed by atoms with E-state index in [2.05, 4.69) is 9.97 Å². The number of imidazole rings is 2. The Bertz CT molecular complexity index is 728. The Morgan fingerprint density at radius 1 is 1.37 bits per heavy atom. The minimum atomic E-state index is 0.591. The van der Waals surface area contributed by atoms with E-state index in [-0.39, 0.29) is 0 Å². The molecule has 0 amide bonds. The minimum Gasteiger partial charge on any atom is -0.335 e. The quantitative estimate of drug-likeness (QED) is 0.796. The molecule has 2 aromatic heterocycles. The van der Waals surface area contributed by atoms with Gasteiger partial charge in [0.15, 0.2) is 5.82 Å². The molecule has 0 atom stereocenters. The van der Waals surface area contributed by atoms with Crippen LogP contribution in [-0.4, -0.2) is 25.6 Å². The summed E-state index contributed by atoms with van der Waals surface area (Å²) in [6, 6.07) is 5.69. The predicted octanol–water partition coefficient (Wildman–Crippen LogP) is 2.05. The van der Waals surface area contributed by atoms with Crippen molar-refractivity contribution in [3.63, 3.8) is 0 Å². The summed E-state index contributed by atoms with van der Waals surface area (Å²) in [5.41, 5.74) is 8.28. The van der Waals surface area contributed by atoms with Crippen molar-refractivity contribution < 1.29 is 0 Å². The largest absolute Gasteiger partial charge is 0.335 e. The highest BCUT2D eigenvalue weighted by atomic mass is 35.5. The van der Waals surface area contributed by atoms with Crippen molar-refractivity contribution in [1.82, 2.24) is 19.1 Å². The van der Waals surface area contributed by atoms with E-state index in [9.17, 15) is 0 Å². The first-order chi connectivity index (χ1) is 9.19. The van der Waals surface area contributed by atoms with Crippen molar-refractivity contribution in [2.24, 2.45) is 12.8 Å². The minimum absolute atomic E-state index is 0.591. The van der Waals surface area contributed by atoms with E-state index < -0.39 is 0 Å². The number of halogens is 1. The number of nitrogens with zero attached hydrogens (tertiary/aromatic N) is 4. The maximum absolute atomic E-state index is 5.99. The molecule has 0 saturated heterocycles. The van der Waals surface area contributed by atoms with Crippen molar-refractivity contribution in [1.29, 1.82) is 0 Å². The number of fused-ring (bicyclic) bond motifs is 1. The Kier molecular flexibility index (Phi) is 3.00. The summed E-state index contributed by atoms with van der Waals surface area (Å²) in [5.74, 6) is 0.827. The van der Waals surface area contributed by atoms with Gasteiger partial charge in [-0.1, -0.05) is 11.6 Å². The molecule has 0 fully saturated rings. The zero-order valence-corrected chi connectivity index (χ0v) is 11.3. The average molecular weight is 276 g/mol. The fourth-order valence-electron chi connectivity index (χ4n) is 2.15. The van der Waals surface area contributed by atoms with Crippen LogP contribution in [0, 0.1) is 0 Å². The standard InChI is InChI=1S/C13H14ClN5/c1-18-12-3-2-9(14)6-10(12)17-13(18)11-7-19(5-4-15)8-16-11/h2-3,6-8H,4-5,15H2,1H3. The second kappa shape index (κ2) is 4.68. The number of aryl methyl sites for hydroxylation is 1. The predicted molar refractivity (Wildman–Crippen MR) is 76.0 cm³/mol. The van der Waals surface area contributed by atoms with E-state index in [1.54, 1.807) is 6.33 Å². The lowest BCUT2D eigenvalue weighted by Gasteiger charge is -1.99. The van der Waals surface area contributed by atoms with Crippen molar-refractivity contribution in [3.05, 3.63) is 35.7 Å². The van der Waals surface area contributed by atoms with Gasteiger partial charge in [0.2, 0.25) is 0 Å². The van der Waals surface area contributed by atoms with Crippen LogP contribution in [0.4, 0.5) is 0 Å². The van der Waals surface area contributed by atoms with Gasteiger partial charge in [0.25, 0.3) is 0 Å². The van der Waals surface area contributed by atoms with E-state index in [0.717, 1.165) is 29.1 Å². The summed E-state index contributed by atoms with van der Waals surface area (Å²) in [7, 11) is 1.97. The second-order valence-electron chi connectivity index (χ2n) is 4.41. The van der Waals surface area contributed by atoms with Crippen LogP contribution in [0.2, 0.25) is 5.02 Å². The monoisotopic (exact) mass is 275 g/mol. The molecule has 2 N–H and O–H groups in total. The molecule has 0 aliphatic rings. The van der Waals surface area contributed by atoms with Crippen LogP contribution in [0.5, 0.6) is 0 Å². The van der Waals surface area contributed by atoms with Crippen LogP contribution in [0.1, 0.15) is 0 Å². The Labute approximate surface area is 115 Å². The molecule has 98 valence electrons. The van der Waals surface area contributed by atoms with Gasteiger partial charge >= 0.3 is 0 Å². The normalized spacial score (nSPS) is 11.3. The first kappa shape index (κ1) is 12.2. The Morgan fingerprint density at radius 3 is 3.00 bits per heavy atom. The first-order valence-corrected chi connectivity index (χ1v) is 6.41. The molecule has 0 aliphatic carbocycles.